The van der Waals surface area contributed by atoms with Gasteiger partial charge in [0.1, 0.15) is 5.82 Å². The maximum atomic E-state index is 12.9. The van der Waals surface area contributed by atoms with Gasteiger partial charge in [-0.1, -0.05) is 32.9 Å². The van der Waals surface area contributed by atoms with Gasteiger partial charge in [-0.25, -0.2) is 4.39 Å². The van der Waals surface area contributed by atoms with Crippen molar-refractivity contribution in [3.8, 4) is 0 Å². The van der Waals surface area contributed by atoms with Gasteiger partial charge in [-0.2, -0.15) is 0 Å². The third kappa shape index (κ3) is 4.03. The predicted molar refractivity (Wildman–Crippen MR) is 77.8 cm³/mol. The molecule has 0 aliphatic carbocycles. The van der Waals surface area contributed by atoms with Crippen molar-refractivity contribution in [3.05, 3.63) is 35.6 Å². The molecule has 1 aromatic rings. The van der Waals surface area contributed by atoms with E-state index in [4.69, 9.17) is 0 Å². The first-order valence-corrected chi connectivity index (χ1v) is 7.09. The molecule has 0 aromatic heterocycles. The fraction of sp³-hybridized carbons (Fsp3) is 0.500. The highest BCUT2D eigenvalue weighted by molar-refractivity contribution is 5.84. The number of amides is 2. The van der Waals surface area contributed by atoms with Gasteiger partial charge in [-0.3, -0.25) is 9.59 Å². The maximum absolute atomic E-state index is 12.9. The van der Waals surface area contributed by atoms with Crippen LogP contribution in [0.15, 0.2) is 24.3 Å². The summed E-state index contributed by atoms with van der Waals surface area (Å²) in [6, 6.07) is 5.96. The van der Waals surface area contributed by atoms with Crippen LogP contribution in [0.5, 0.6) is 0 Å². The topological polar surface area (TPSA) is 49.4 Å². The van der Waals surface area contributed by atoms with E-state index in [0.29, 0.717) is 19.5 Å². The Morgan fingerprint density at radius 2 is 1.95 bits per heavy atom. The summed E-state index contributed by atoms with van der Waals surface area (Å²) in [5.41, 5.74) is 0.417. The largest absolute Gasteiger partial charge is 0.351 e. The fourth-order valence-electron chi connectivity index (χ4n) is 2.23. The zero-order chi connectivity index (χ0) is 15.6. The first-order chi connectivity index (χ1) is 9.75. The number of carbonyl (C=O) groups excluding carboxylic acids is 2. The van der Waals surface area contributed by atoms with Crippen LogP contribution < -0.4 is 5.32 Å². The summed E-state index contributed by atoms with van der Waals surface area (Å²) >= 11 is 0. The molecule has 0 spiro atoms. The first kappa shape index (κ1) is 15.5. The van der Waals surface area contributed by atoms with Crippen molar-refractivity contribution in [3.63, 3.8) is 0 Å². The molecule has 1 saturated heterocycles. The van der Waals surface area contributed by atoms with Crippen molar-refractivity contribution in [2.24, 2.45) is 5.41 Å². The van der Waals surface area contributed by atoms with Gasteiger partial charge in [0, 0.05) is 24.9 Å². The zero-order valence-corrected chi connectivity index (χ0v) is 12.6. The van der Waals surface area contributed by atoms with Crippen molar-refractivity contribution < 1.29 is 14.0 Å². The van der Waals surface area contributed by atoms with Crippen LogP contribution in [0.25, 0.3) is 0 Å². The molecule has 5 heteroatoms. The Morgan fingerprint density at radius 1 is 1.33 bits per heavy atom. The summed E-state index contributed by atoms with van der Waals surface area (Å²) < 4.78 is 12.9. The lowest BCUT2D eigenvalue weighted by molar-refractivity contribution is -0.129. The number of nitrogens with zero attached hydrogens (tertiary/aromatic N) is 1. The maximum Gasteiger partial charge on any atom is 0.225 e. The minimum Gasteiger partial charge on any atom is -0.351 e. The van der Waals surface area contributed by atoms with Crippen LogP contribution in [0.3, 0.4) is 0 Å². The molecular formula is C16H21FN2O2. The van der Waals surface area contributed by atoms with Crippen LogP contribution in [0, 0.1) is 11.2 Å². The monoisotopic (exact) mass is 292 g/mol. The van der Waals surface area contributed by atoms with E-state index in [1.165, 1.54) is 12.1 Å². The van der Waals surface area contributed by atoms with Crippen LogP contribution >= 0.6 is 0 Å². The van der Waals surface area contributed by atoms with Crippen molar-refractivity contribution in [1.82, 2.24) is 10.2 Å². The van der Waals surface area contributed by atoms with Gasteiger partial charge in [0.25, 0.3) is 0 Å². The lowest BCUT2D eigenvalue weighted by atomic mass is 9.95. The van der Waals surface area contributed by atoms with Gasteiger partial charge in [0.05, 0.1) is 6.04 Å². The van der Waals surface area contributed by atoms with Gasteiger partial charge in [0.15, 0.2) is 0 Å². The molecule has 21 heavy (non-hydrogen) atoms. The number of benzene rings is 1. The Morgan fingerprint density at radius 3 is 2.52 bits per heavy atom. The summed E-state index contributed by atoms with van der Waals surface area (Å²) in [5.74, 6) is -0.329. The molecule has 0 saturated carbocycles. The molecule has 4 nitrogen and oxygen atoms in total. The zero-order valence-electron chi connectivity index (χ0n) is 12.6. The number of halogens is 1. The highest BCUT2D eigenvalue weighted by atomic mass is 19.1. The molecule has 1 N–H and O–H groups in total. The smallest absolute Gasteiger partial charge is 0.225 e. The molecule has 1 atom stereocenters. The number of rotatable bonds is 3. The highest BCUT2D eigenvalue weighted by Gasteiger charge is 2.32. The van der Waals surface area contributed by atoms with Gasteiger partial charge in [0.2, 0.25) is 11.8 Å². The molecule has 2 amide bonds. The van der Waals surface area contributed by atoms with Crippen LogP contribution in [0.2, 0.25) is 0 Å². The third-order valence-corrected chi connectivity index (χ3v) is 3.52. The van der Waals surface area contributed by atoms with E-state index in [2.05, 4.69) is 5.32 Å². The lowest BCUT2D eigenvalue weighted by Gasteiger charge is -2.21. The highest BCUT2D eigenvalue weighted by Crippen LogP contribution is 2.18. The Labute approximate surface area is 124 Å². The third-order valence-electron chi connectivity index (χ3n) is 3.52. The molecule has 1 aliphatic heterocycles. The second kappa shape index (κ2) is 5.84. The predicted octanol–water partition coefficient (Wildman–Crippen LogP) is 2.09. The fourth-order valence-corrected chi connectivity index (χ4v) is 2.23. The molecule has 0 radical (unpaired) electrons. The molecule has 2 rings (SSSR count). The lowest BCUT2D eigenvalue weighted by Crippen LogP contribution is -2.42. The average Bonchev–Trinajstić information content (AvgIpc) is 2.71. The van der Waals surface area contributed by atoms with E-state index in [0.717, 1.165) is 5.56 Å². The summed E-state index contributed by atoms with van der Waals surface area (Å²) in [6.45, 7) is 6.47. The molecule has 0 unspecified atom stereocenters. The summed E-state index contributed by atoms with van der Waals surface area (Å²) in [7, 11) is 0. The van der Waals surface area contributed by atoms with Gasteiger partial charge >= 0.3 is 0 Å². The van der Waals surface area contributed by atoms with Crippen LogP contribution in [0.1, 0.15) is 32.8 Å². The van der Waals surface area contributed by atoms with Gasteiger partial charge < -0.3 is 10.2 Å². The summed E-state index contributed by atoms with van der Waals surface area (Å²) in [6.07, 6.45) is 0.322. The number of hydrogen-bond donors (Lipinski definition) is 1. The minimum absolute atomic E-state index is 0.0125. The second-order valence-corrected chi connectivity index (χ2v) is 6.53. The Hall–Kier alpha value is -1.91. The molecule has 1 heterocycles. The standard InChI is InChI=1S/C16H21FN2O2/c1-16(2,3)15(21)18-13-8-14(20)19(10-13)9-11-4-6-12(17)7-5-11/h4-7,13H,8-10H2,1-3H3,(H,18,21)/t13-/m0/s1. The molecular weight excluding hydrogens is 271 g/mol. The Bertz CT molecular complexity index is 534. The number of hydrogen-bond acceptors (Lipinski definition) is 2. The SMILES string of the molecule is CC(C)(C)C(=O)N[C@H]1CC(=O)N(Cc2ccc(F)cc2)C1. The Balaban J connectivity index is 1.94. The van der Waals surface area contributed by atoms with Crippen LogP contribution in [0.4, 0.5) is 4.39 Å². The van der Waals surface area contributed by atoms with E-state index in [9.17, 15) is 14.0 Å². The summed E-state index contributed by atoms with van der Waals surface area (Å²) in [5, 5.41) is 2.91. The summed E-state index contributed by atoms with van der Waals surface area (Å²) in [4.78, 5) is 25.6. The van der Waals surface area contributed by atoms with Crippen molar-refractivity contribution in [1.29, 1.82) is 0 Å². The Kier molecular flexibility index (Phi) is 4.30. The first-order valence-electron chi connectivity index (χ1n) is 7.09. The number of carbonyl (C=O) groups is 2. The van der Waals surface area contributed by atoms with Crippen LogP contribution in [-0.4, -0.2) is 29.3 Å². The average molecular weight is 292 g/mol. The molecule has 1 fully saturated rings. The number of likely N-dealkylation sites (tertiary alicyclic amines) is 1. The van der Waals surface area contributed by atoms with E-state index in [1.807, 2.05) is 20.8 Å². The van der Waals surface area contributed by atoms with Crippen molar-refractivity contribution in [2.45, 2.75) is 39.8 Å². The van der Waals surface area contributed by atoms with Gasteiger partial charge in [-0.15, -0.1) is 0 Å². The second-order valence-electron chi connectivity index (χ2n) is 6.53. The number of nitrogens with one attached hydrogen (secondary N) is 1. The normalized spacial score (nSPS) is 19.0. The van der Waals surface area contributed by atoms with Gasteiger partial charge in [-0.05, 0) is 17.7 Å². The van der Waals surface area contributed by atoms with E-state index in [-0.39, 0.29) is 23.7 Å². The molecule has 1 aliphatic rings. The van der Waals surface area contributed by atoms with Crippen molar-refractivity contribution in [2.75, 3.05) is 6.54 Å². The molecule has 1 aromatic carbocycles. The minimum atomic E-state index is -0.465. The van der Waals surface area contributed by atoms with E-state index in [1.54, 1.807) is 17.0 Å². The van der Waals surface area contributed by atoms with E-state index < -0.39 is 5.41 Å². The quantitative estimate of drug-likeness (QED) is 0.927. The van der Waals surface area contributed by atoms with Crippen molar-refractivity contribution >= 4 is 11.8 Å². The van der Waals surface area contributed by atoms with E-state index >= 15 is 0 Å². The van der Waals surface area contributed by atoms with Crippen LogP contribution in [-0.2, 0) is 16.1 Å². The molecule has 114 valence electrons. The molecule has 0 bridgehead atoms.